The minimum atomic E-state index is -0.408. The molecule has 120 valence electrons. The van der Waals surface area contributed by atoms with E-state index in [-0.39, 0.29) is 24.8 Å². The van der Waals surface area contributed by atoms with Crippen molar-refractivity contribution < 1.29 is 19.4 Å². The fraction of sp³-hybridized carbons (Fsp3) is 0.467. The number of anilines is 1. The lowest BCUT2D eigenvalue weighted by Crippen LogP contribution is -2.33. The van der Waals surface area contributed by atoms with Gasteiger partial charge in [-0.25, -0.2) is 0 Å². The number of hydrogen-bond acceptors (Lipinski definition) is 4. The molecule has 0 saturated carbocycles. The molecule has 2 amide bonds. The van der Waals surface area contributed by atoms with E-state index >= 15 is 0 Å². The first-order valence-electron chi connectivity index (χ1n) is 7.09. The molecule has 1 atom stereocenters. The van der Waals surface area contributed by atoms with Gasteiger partial charge in [0.05, 0.1) is 18.7 Å². The number of halogens is 1. The highest BCUT2D eigenvalue weighted by atomic mass is 35.5. The van der Waals surface area contributed by atoms with E-state index in [1.807, 2.05) is 0 Å². The highest BCUT2D eigenvalue weighted by Gasteiger charge is 2.36. The average Bonchev–Trinajstić information content (AvgIpc) is 2.89. The van der Waals surface area contributed by atoms with Crippen molar-refractivity contribution in [2.45, 2.75) is 12.8 Å². The van der Waals surface area contributed by atoms with E-state index in [0.29, 0.717) is 36.0 Å². The van der Waals surface area contributed by atoms with Gasteiger partial charge in [-0.15, -0.1) is 0 Å². The molecule has 1 saturated heterocycles. The summed E-state index contributed by atoms with van der Waals surface area (Å²) in [7, 11) is 1.52. The maximum atomic E-state index is 12.2. The molecule has 6 nitrogen and oxygen atoms in total. The van der Waals surface area contributed by atoms with E-state index in [1.54, 1.807) is 18.2 Å². The Morgan fingerprint density at radius 1 is 1.55 bits per heavy atom. The fourth-order valence-corrected chi connectivity index (χ4v) is 2.59. The molecule has 1 aliphatic rings. The Hall–Kier alpha value is -1.79. The highest BCUT2D eigenvalue weighted by Crippen LogP contribution is 2.35. The van der Waals surface area contributed by atoms with Crippen LogP contribution in [0.15, 0.2) is 18.2 Å². The normalized spacial score (nSPS) is 17.7. The standard InChI is InChI=1S/C15H19ClN2O4/c1-22-13-4-3-11(16)8-12(13)18-9-10(7-14(18)20)15(21)17-5-2-6-19/h3-4,8,10,19H,2,5-7,9H2,1H3,(H,17,21). The second-order valence-corrected chi connectivity index (χ2v) is 5.53. The van der Waals surface area contributed by atoms with Crippen LogP contribution in [0.5, 0.6) is 5.75 Å². The molecule has 0 bridgehead atoms. The molecule has 1 unspecified atom stereocenters. The molecule has 1 aromatic carbocycles. The molecular formula is C15H19ClN2O4. The Morgan fingerprint density at radius 2 is 2.32 bits per heavy atom. The summed E-state index contributed by atoms with van der Waals surface area (Å²) in [6.45, 7) is 0.719. The topological polar surface area (TPSA) is 78.9 Å². The maximum absolute atomic E-state index is 12.2. The zero-order valence-corrected chi connectivity index (χ0v) is 13.1. The van der Waals surface area contributed by atoms with Gasteiger partial charge < -0.3 is 20.1 Å². The highest BCUT2D eigenvalue weighted by molar-refractivity contribution is 6.31. The summed E-state index contributed by atoms with van der Waals surface area (Å²) < 4.78 is 5.26. The van der Waals surface area contributed by atoms with Gasteiger partial charge in [0.25, 0.3) is 0 Å². The van der Waals surface area contributed by atoms with Gasteiger partial charge >= 0.3 is 0 Å². The third-order valence-electron chi connectivity index (χ3n) is 3.56. The summed E-state index contributed by atoms with van der Waals surface area (Å²) in [6.07, 6.45) is 0.652. The second-order valence-electron chi connectivity index (χ2n) is 5.09. The Balaban J connectivity index is 2.09. The molecule has 1 heterocycles. The first-order valence-corrected chi connectivity index (χ1v) is 7.47. The predicted molar refractivity (Wildman–Crippen MR) is 83.2 cm³/mol. The van der Waals surface area contributed by atoms with Gasteiger partial charge in [0.15, 0.2) is 0 Å². The minimum Gasteiger partial charge on any atom is -0.495 e. The number of aliphatic hydroxyl groups is 1. The minimum absolute atomic E-state index is 0.0235. The number of nitrogens with zero attached hydrogens (tertiary/aromatic N) is 1. The molecule has 0 aromatic heterocycles. The third-order valence-corrected chi connectivity index (χ3v) is 3.80. The van der Waals surface area contributed by atoms with E-state index in [2.05, 4.69) is 5.32 Å². The Bertz CT molecular complexity index is 564. The average molecular weight is 327 g/mol. The van der Waals surface area contributed by atoms with E-state index < -0.39 is 5.92 Å². The van der Waals surface area contributed by atoms with Crippen LogP contribution in [0.2, 0.25) is 5.02 Å². The maximum Gasteiger partial charge on any atom is 0.227 e. The van der Waals surface area contributed by atoms with Crippen LogP contribution in [-0.4, -0.2) is 43.7 Å². The van der Waals surface area contributed by atoms with Crippen molar-refractivity contribution in [2.24, 2.45) is 5.92 Å². The van der Waals surface area contributed by atoms with Crippen molar-refractivity contribution in [3.8, 4) is 5.75 Å². The number of ether oxygens (including phenoxy) is 1. The van der Waals surface area contributed by atoms with Crippen molar-refractivity contribution >= 4 is 29.1 Å². The van der Waals surface area contributed by atoms with Crippen LogP contribution in [0.4, 0.5) is 5.69 Å². The number of nitrogens with one attached hydrogen (secondary N) is 1. The van der Waals surface area contributed by atoms with Gasteiger partial charge in [-0.2, -0.15) is 0 Å². The van der Waals surface area contributed by atoms with E-state index in [4.69, 9.17) is 21.4 Å². The van der Waals surface area contributed by atoms with Crippen LogP contribution in [0.25, 0.3) is 0 Å². The van der Waals surface area contributed by atoms with Crippen LogP contribution in [0, 0.1) is 5.92 Å². The van der Waals surface area contributed by atoms with Crippen molar-refractivity contribution in [3.63, 3.8) is 0 Å². The summed E-state index contributed by atoms with van der Waals surface area (Å²) in [4.78, 5) is 25.8. The lowest BCUT2D eigenvalue weighted by atomic mass is 10.1. The van der Waals surface area contributed by atoms with Gasteiger partial charge in [-0.1, -0.05) is 11.6 Å². The lowest BCUT2D eigenvalue weighted by Gasteiger charge is -2.19. The molecule has 1 aliphatic heterocycles. The summed E-state index contributed by atoms with van der Waals surface area (Å²) in [5.74, 6) is -0.179. The van der Waals surface area contributed by atoms with Crippen molar-refractivity contribution in [2.75, 3.05) is 31.7 Å². The van der Waals surface area contributed by atoms with E-state index in [9.17, 15) is 9.59 Å². The first kappa shape index (κ1) is 16.6. The summed E-state index contributed by atoms with van der Waals surface area (Å²) in [5.41, 5.74) is 0.575. The second kappa shape index (κ2) is 7.47. The van der Waals surface area contributed by atoms with Crippen LogP contribution in [0.1, 0.15) is 12.8 Å². The number of hydrogen-bond donors (Lipinski definition) is 2. The molecule has 7 heteroatoms. The quantitative estimate of drug-likeness (QED) is 0.770. The van der Waals surface area contributed by atoms with Crippen molar-refractivity contribution in [1.29, 1.82) is 0 Å². The van der Waals surface area contributed by atoms with Crippen LogP contribution in [-0.2, 0) is 9.59 Å². The largest absolute Gasteiger partial charge is 0.495 e. The number of methoxy groups -OCH3 is 1. The summed E-state index contributed by atoms with van der Waals surface area (Å²) in [6, 6.07) is 5.04. The van der Waals surface area contributed by atoms with Gasteiger partial charge in [0, 0.05) is 31.1 Å². The zero-order chi connectivity index (χ0) is 16.1. The number of rotatable bonds is 6. The molecule has 0 spiro atoms. The fourth-order valence-electron chi connectivity index (χ4n) is 2.43. The van der Waals surface area contributed by atoms with Gasteiger partial charge in [-0.3, -0.25) is 9.59 Å². The smallest absolute Gasteiger partial charge is 0.227 e. The molecular weight excluding hydrogens is 308 g/mol. The predicted octanol–water partition coefficient (Wildman–Crippen LogP) is 1.20. The Kier molecular flexibility index (Phi) is 5.63. The number of aliphatic hydroxyl groups excluding tert-OH is 1. The summed E-state index contributed by atoms with van der Waals surface area (Å²) in [5, 5.41) is 11.9. The van der Waals surface area contributed by atoms with E-state index in [1.165, 1.54) is 12.0 Å². The molecule has 1 fully saturated rings. The van der Waals surface area contributed by atoms with Gasteiger partial charge in [-0.05, 0) is 24.6 Å². The van der Waals surface area contributed by atoms with Gasteiger partial charge in [0.2, 0.25) is 11.8 Å². The van der Waals surface area contributed by atoms with Crippen LogP contribution >= 0.6 is 11.6 Å². The monoisotopic (exact) mass is 326 g/mol. The van der Waals surface area contributed by atoms with Gasteiger partial charge in [0.1, 0.15) is 5.75 Å². The zero-order valence-electron chi connectivity index (χ0n) is 12.3. The third kappa shape index (κ3) is 3.69. The van der Waals surface area contributed by atoms with Crippen molar-refractivity contribution in [1.82, 2.24) is 5.32 Å². The number of benzene rings is 1. The van der Waals surface area contributed by atoms with Crippen LogP contribution < -0.4 is 15.0 Å². The number of carbonyl (C=O) groups is 2. The van der Waals surface area contributed by atoms with Crippen molar-refractivity contribution in [3.05, 3.63) is 23.2 Å². The lowest BCUT2D eigenvalue weighted by molar-refractivity contribution is -0.126. The summed E-state index contributed by atoms with van der Waals surface area (Å²) >= 11 is 5.99. The molecule has 22 heavy (non-hydrogen) atoms. The SMILES string of the molecule is COc1ccc(Cl)cc1N1CC(C(=O)NCCCO)CC1=O. The first-order chi connectivity index (χ1) is 10.6. The molecule has 1 aromatic rings. The molecule has 2 N–H and O–H groups in total. The van der Waals surface area contributed by atoms with Crippen LogP contribution in [0.3, 0.4) is 0 Å². The molecule has 0 aliphatic carbocycles. The number of carbonyl (C=O) groups excluding carboxylic acids is 2. The van der Waals surface area contributed by atoms with E-state index in [0.717, 1.165) is 0 Å². The molecule has 2 rings (SSSR count). The number of amides is 2. The Morgan fingerprint density at radius 3 is 3.00 bits per heavy atom. The molecule has 0 radical (unpaired) electrons. The Labute approximate surface area is 134 Å².